The van der Waals surface area contributed by atoms with Crippen LogP contribution >= 0.6 is 0 Å². The summed E-state index contributed by atoms with van der Waals surface area (Å²) >= 11 is 0. The Bertz CT molecular complexity index is 1010. The van der Waals surface area contributed by atoms with Gasteiger partial charge < -0.3 is 20.2 Å². The highest BCUT2D eigenvalue weighted by Gasteiger charge is 2.42. The number of aromatic hydroxyl groups is 1. The van der Waals surface area contributed by atoms with Crippen molar-refractivity contribution >= 4 is 23.4 Å². The van der Waals surface area contributed by atoms with E-state index in [1.807, 2.05) is 19.1 Å². The van der Waals surface area contributed by atoms with E-state index in [1.165, 1.54) is 33.4 Å². The molecule has 1 atom stereocenters. The third kappa shape index (κ3) is 5.58. The molecule has 2 aliphatic heterocycles. The maximum Gasteiger partial charge on any atom is 0.242 e. The quantitative estimate of drug-likeness (QED) is 0.644. The summed E-state index contributed by atoms with van der Waals surface area (Å²) < 4.78 is 14.2. The van der Waals surface area contributed by atoms with Gasteiger partial charge in [0.15, 0.2) is 0 Å². The molecular formula is C23H28FN5O4. The minimum absolute atomic E-state index is 0.0272. The number of hydrazine groups is 1. The number of amides is 3. The molecule has 9 nitrogen and oxygen atoms in total. The highest BCUT2D eigenvalue weighted by atomic mass is 19.1. The van der Waals surface area contributed by atoms with E-state index in [9.17, 15) is 18.8 Å². The fourth-order valence-electron chi connectivity index (χ4n) is 3.75. The van der Waals surface area contributed by atoms with E-state index in [1.54, 1.807) is 31.3 Å². The number of hydrogen-bond donors (Lipinski definition) is 3. The summed E-state index contributed by atoms with van der Waals surface area (Å²) in [6, 6.07) is 11.7. The Morgan fingerprint density at radius 1 is 1.18 bits per heavy atom. The number of halogens is 1. The zero-order valence-corrected chi connectivity index (χ0v) is 18.8. The third-order valence-corrected chi connectivity index (χ3v) is 5.53. The number of carbonyl (C=O) groups excluding carboxylic acids is 3. The Hall–Kier alpha value is -3.66. The first kappa shape index (κ1) is 24.0. The molecule has 4 rings (SSSR count). The largest absolute Gasteiger partial charge is 0.508 e. The second-order valence-corrected chi connectivity index (χ2v) is 7.85. The molecule has 3 amide bonds. The molecule has 0 aromatic heterocycles. The van der Waals surface area contributed by atoms with Crippen molar-refractivity contribution in [1.29, 1.82) is 0 Å². The lowest BCUT2D eigenvalue weighted by molar-refractivity contribution is -0.171. The Kier molecular flexibility index (Phi) is 7.49. The van der Waals surface area contributed by atoms with Crippen LogP contribution in [0.25, 0.3) is 0 Å². The Morgan fingerprint density at radius 3 is 2.48 bits per heavy atom. The second kappa shape index (κ2) is 10.3. The van der Waals surface area contributed by atoms with Crippen LogP contribution in [0.2, 0.25) is 0 Å². The zero-order valence-electron chi connectivity index (χ0n) is 18.8. The van der Waals surface area contributed by atoms with Crippen molar-refractivity contribution in [2.45, 2.75) is 26.6 Å². The molecule has 33 heavy (non-hydrogen) atoms. The van der Waals surface area contributed by atoms with Crippen molar-refractivity contribution in [3.63, 3.8) is 0 Å². The van der Waals surface area contributed by atoms with Gasteiger partial charge in [-0.05, 0) is 31.2 Å². The fourth-order valence-corrected chi connectivity index (χ4v) is 3.75. The van der Waals surface area contributed by atoms with Crippen molar-refractivity contribution in [3.05, 3.63) is 59.4 Å². The van der Waals surface area contributed by atoms with E-state index in [0.29, 0.717) is 17.0 Å². The van der Waals surface area contributed by atoms with E-state index in [0.717, 1.165) is 0 Å². The molecule has 2 fully saturated rings. The van der Waals surface area contributed by atoms with Crippen molar-refractivity contribution in [2.24, 2.45) is 0 Å². The molecule has 0 spiro atoms. The number of carbonyl (C=O) groups is 3. The molecule has 0 saturated carbocycles. The molecule has 0 aliphatic carbocycles. The summed E-state index contributed by atoms with van der Waals surface area (Å²) in [6.07, 6.45) is -0.596. The Morgan fingerprint density at radius 2 is 1.88 bits per heavy atom. The molecule has 10 heteroatoms. The number of nitrogens with one attached hydrogen (secondary N) is 2. The SMILES string of the molecule is CNc1cccc(F)c1CN1CC2N(CC1=O)C(=O)CNN2C(C)=O.Cc1ccc(O)cc1. The van der Waals surface area contributed by atoms with Crippen LogP contribution in [-0.4, -0.2) is 70.5 Å². The second-order valence-electron chi connectivity index (χ2n) is 7.85. The van der Waals surface area contributed by atoms with Gasteiger partial charge in [0.2, 0.25) is 17.7 Å². The number of phenolic OH excluding ortho intramolecular Hbond substituents is 1. The molecule has 2 aromatic carbocycles. The van der Waals surface area contributed by atoms with E-state index in [2.05, 4.69) is 10.7 Å². The van der Waals surface area contributed by atoms with E-state index < -0.39 is 12.0 Å². The lowest BCUT2D eigenvalue weighted by Crippen LogP contribution is -2.71. The summed E-state index contributed by atoms with van der Waals surface area (Å²) in [6.45, 7) is 3.40. The van der Waals surface area contributed by atoms with Gasteiger partial charge in [-0.15, -0.1) is 0 Å². The number of nitrogens with zero attached hydrogens (tertiary/aromatic N) is 3. The summed E-state index contributed by atoms with van der Waals surface area (Å²) in [7, 11) is 1.68. The lowest BCUT2D eigenvalue weighted by Gasteiger charge is -2.48. The number of fused-ring (bicyclic) bond motifs is 1. The maximum atomic E-state index is 14.2. The van der Waals surface area contributed by atoms with Crippen LogP contribution in [0.1, 0.15) is 18.1 Å². The van der Waals surface area contributed by atoms with Crippen LogP contribution in [0, 0.1) is 12.7 Å². The third-order valence-electron chi connectivity index (χ3n) is 5.53. The first-order valence-corrected chi connectivity index (χ1v) is 10.5. The van der Waals surface area contributed by atoms with Crippen molar-refractivity contribution in [1.82, 2.24) is 20.2 Å². The number of phenols is 1. The van der Waals surface area contributed by atoms with Crippen molar-refractivity contribution in [2.75, 3.05) is 32.0 Å². The number of rotatable bonds is 3. The minimum Gasteiger partial charge on any atom is -0.508 e. The van der Waals surface area contributed by atoms with Crippen LogP contribution < -0.4 is 10.7 Å². The van der Waals surface area contributed by atoms with E-state index in [4.69, 9.17) is 5.11 Å². The molecule has 3 N–H and O–H groups in total. The number of aryl methyl sites for hydroxylation is 1. The number of piperazine rings is 1. The highest BCUT2D eigenvalue weighted by Crippen LogP contribution is 2.24. The standard InChI is InChI=1S/C16H20FN5O3.C7H8O/c1-10(23)22-14-8-20(16(25)9-21(14)15(24)6-19-22)7-11-12(17)4-3-5-13(11)18-2;1-6-2-4-7(8)5-3-6/h3-5,14,18-19H,6-9H2,1-2H3;2-5,8H,1H3. The number of hydrogen-bond acceptors (Lipinski definition) is 6. The van der Waals surface area contributed by atoms with Gasteiger partial charge in [-0.25, -0.2) is 9.82 Å². The summed E-state index contributed by atoms with van der Waals surface area (Å²) in [5.74, 6) is -0.852. The first-order chi connectivity index (χ1) is 15.7. The molecule has 2 aromatic rings. The van der Waals surface area contributed by atoms with Gasteiger partial charge in [-0.1, -0.05) is 23.8 Å². The number of anilines is 1. The summed E-state index contributed by atoms with van der Waals surface area (Å²) in [4.78, 5) is 39.2. The fraction of sp³-hybridized carbons (Fsp3) is 0.348. The molecule has 0 bridgehead atoms. The lowest BCUT2D eigenvalue weighted by atomic mass is 10.1. The molecular weight excluding hydrogens is 429 g/mol. The summed E-state index contributed by atoms with van der Waals surface area (Å²) in [5.41, 5.74) is 4.90. The monoisotopic (exact) mass is 457 g/mol. The van der Waals surface area contributed by atoms with Crippen LogP contribution in [0.3, 0.4) is 0 Å². The maximum absolute atomic E-state index is 14.2. The van der Waals surface area contributed by atoms with Gasteiger partial charge >= 0.3 is 0 Å². The van der Waals surface area contributed by atoms with Gasteiger partial charge in [-0.3, -0.25) is 19.4 Å². The Labute approximate surface area is 191 Å². The summed E-state index contributed by atoms with van der Waals surface area (Å²) in [5, 5.41) is 13.0. The minimum atomic E-state index is -0.596. The Balaban J connectivity index is 0.000000323. The first-order valence-electron chi connectivity index (χ1n) is 10.5. The molecule has 176 valence electrons. The van der Waals surface area contributed by atoms with Crippen molar-refractivity contribution in [3.8, 4) is 5.75 Å². The molecule has 2 saturated heterocycles. The average Bonchev–Trinajstić information content (AvgIpc) is 2.78. The van der Waals surface area contributed by atoms with Gasteiger partial charge in [0.1, 0.15) is 24.3 Å². The van der Waals surface area contributed by atoms with Crippen LogP contribution in [0.5, 0.6) is 5.75 Å². The molecule has 2 aliphatic rings. The van der Waals surface area contributed by atoms with E-state index in [-0.39, 0.29) is 43.9 Å². The highest BCUT2D eigenvalue weighted by molar-refractivity contribution is 5.89. The van der Waals surface area contributed by atoms with Crippen LogP contribution in [-0.2, 0) is 20.9 Å². The predicted octanol–water partition coefficient (Wildman–Crippen LogP) is 1.43. The normalized spacial score (nSPS) is 17.8. The number of benzene rings is 2. The predicted molar refractivity (Wildman–Crippen MR) is 120 cm³/mol. The van der Waals surface area contributed by atoms with Crippen molar-refractivity contribution < 1.29 is 23.9 Å². The molecule has 0 radical (unpaired) electrons. The average molecular weight is 458 g/mol. The van der Waals surface area contributed by atoms with Gasteiger partial charge in [0.05, 0.1) is 19.6 Å². The van der Waals surface area contributed by atoms with Gasteiger partial charge in [-0.2, -0.15) is 0 Å². The topological polar surface area (TPSA) is 105 Å². The molecule has 2 heterocycles. The van der Waals surface area contributed by atoms with Crippen LogP contribution in [0.15, 0.2) is 42.5 Å². The van der Waals surface area contributed by atoms with Crippen LogP contribution in [0.4, 0.5) is 10.1 Å². The smallest absolute Gasteiger partial charge is 0.242 e. The van der Waals surface area contributed by atoms with Gasteiger partial charge in [0.25, 0.3) is 0 Å². The van der Waals surface area contributed by atoms with E-state index >= 15 is 0 Å². The zero-order chi connectivity index (χ0) is 24.1. The van der Waals surface area contributed by atoms with Gasteiger partial charge in [0, 0.05) is 25.2 Å². The molecule has 1 unspecified atom stereocenters.